The van der Waals surface area contributed by atoms with Crippen LogP contribution in [0.25, 0.3) is 10.4 Å². The van der Waals surface area contributed by atoms with Crippen molar-refractivity contribution in [3.8, 4) is 10.4 Å². The molecule has 2 aromatic carbocycles. The van der Waals surface area contributed by atoms with E-state index in [4.69, 9.17) is 4.74 Å². The topological polar surface area (TPSA) is 150 Å². The van der Waals surface area contributed by atoms with Crippen LogP contribution in [0.1, 0.15) is 50.4 Å². The van der Waals surface area contributed by atoms with Crippen molar-refractivity contribution in [2.24, 2.45) is 5.41 Å². The van der Waals surface area contributed by atoms with E-state index in [9.17, 15) is 24.3 Å². The minimum Gasteiger partial charge on any atom is -0.391 e. The second kappa shape index (κ2) is 16.6. The molecule has 47 heavy (non-hydrogen) atoms. The van der Waals surface area contributed by atoms with Crippen molar-refractivity contribution in [2.75, 3.05) is 26.3 Å². The molecule has 1 saturated heterocycles. The van der Waals surface area contributed by atoms with E-state index < -0.39 is 29.5 Å². The monoisotopic (exact) mass is 663 g/mol. The Morgan fingerprint density at radius 2 is 1.72 bits per heavy atom. The largest absolute Gasteiger partial charge is 0.391 e. The number of benzene rings is 2. The van der Waals surface area contributed by atoms with Gasteiger partial charge in [-0.25, -0.2) is 4.98 Å². The molecule has 11 nitrogen and oxygen atoms in total. The van der Waals surface area contributed by atoms with Gasteiger partial charge < -0.3 is 30.7 Å². The third kappa shape index (κ3) is 10.4. The fraction of sp³-hybridized carbons (Fsp3) is 0.457. The Kier molecular flexibility index (Phi) is 12.6. The Labute approximate surface area is 280 Å². The van der Waals surface area contributed by atoms with E-state index in [1.807, 2.05) is 87.8 Å². The summed E-state index contributed by atoms with van der Waals surface area (Å²) in [7, 11) is 0. The molecule has 1 aliphatic rings. The Bertz CT molecular complexity index is 1500. The molecule has 252 valence electrons. The van der Waals surface area contributed by atoms with Gasteiger partial charge in [0.1, 0.15) is 12.1 Å². The minimum absolute atomic E-state index is 0.00136. The first-order valence-electron chi connectivity index (χ1n) is 15.9. The van der Waals surface area contributed by atoms with Crippen molar-refractivity contribution in [1.29, 1.82) is 0 Å². The van der Waals surface area contributed by atoms with Gasteiger partial charge in [0.05, 0.1) is 41.8 Å². The Hall–Kier alpha value is -4.13. The van der Waals surface area contributed by atoms with E-state index in [1.165, 1.54) is 4.90 Å². The number of hydrogen-bond acceptors (Lipinski definition) is 8. The number of carbonyl (C=O) groups is 4. The number of carbonyl (C=O) groups excluding carboxylic acids is 4. The van der Waals surface area contributed by atoms with Crippen molar-refractivity contribution in [2.45, 2.75) is 71.7 Å². The quantitative estimate of drug-likeness (QED) is 0.194. The molecule has 0 aliphatic carbocycles. The van der Waals surface area contributed by atoms with Gasteiger partial charge in [-0.3, -0.25) is 19.2 Å². The second-order valence-corrected chi connectivity index (χ2v) is 13.7. The molecule has 0 spiro atoms. The van der Waals surface area contributed by atoms with E-state index in [0.29, 0.717) is 6.54 Å². The molecule has 1 aliphatic heterocycles. The van der Waals surface area contributed by atoms with E-state index >= 15 is 0 Å². The van der Waals surface area contributed by atoms with Crippen LogP contribution in [0.3, 0.4) is 0 Å². The lowest BCUT2D eigenvalue weighted by molar-refractivity contribution is -0.144. The maximum Gasteiger partial charge on any atom is 0.246 e. The van der Waals surface area contributed by atoms with Crippen LogP contribution >= 0.6 is 11.3 Å². The number of hydrogen-bond donors (Lipinski definition) is 4. The van der Waals surface area contributed by atoms with Gasteiger partial charge >= 0.3 is 0 Å². The summed E-state index contributed by atoms with van der Waals surface area (Å²) in [5.41, 5.74) is 4.99. The summed E-state index contributed by atoms with van der Waals surface area (Å²) in [5.74, 6) is -1.27. The highest BCUT2D eigenvalue weighted by Crippen LogP contribution is 2.28. The maximum atomic E-state index is 13.8. The average molecular weight is 664 g/mol. The molecule has 2 heterocycles. The first-order chi connectivity index (χ1) is 22.4. The predicted molar refractivity (Wildman–Crippen MR) is 180 cm³/mol. The molecule has 4 rings (SSSR count). The standard InChI is InChI=1S/C35H45N5O6S/c1-23-31(47-22-38-23)26-12-10-25(11-13-26)20-37-33(44)28-19-27(41)21-40(28)34(45)32(35(2,3)4)39-29(42)14-16-46-17-15-36-30(43)18-24-8-6-5-7-9-24/h5-13,22,27-28,32,41H,14-21H2,1-4H3,(H,36,43)(H,37,44)(H,39,42). The fourth-order valence-electron chi connectivity index (χ4n) is 5.39. The average Bonchev–Trinajstić information content (AvgIpc) is 3.65. The van der Waals surface area contributed by atoms with Crippen LogP contribution < -0.4 is 16.0 Å². The summed E-state index contributed by atoms with van der Waals surface area (Å²) < 4.78 is 5.53. The van der Waals surface area contributed by atoms with Crippen molar-refractivity contribution in [1.82, 2.24) is 25.8 Å². The van der Waals surface area contributed by atoms with E-state index in [2.05, 4.69) is 20.9 Å². The summed E-state index contributed by atoms with van der Waals surface area (Å²) in [6.45, 7) is 8.42. The predicted octanol–water partition coefficient (Wildman–Crippen LogP) is 2.99. The zero-order valence-electron chi connectivity index (χ0n) is 27.5. The number of aliphatic hydroxyl groups is 1. The van der Waals surface area contributed by atoms with E-state index in [-0.39, 0.29) is 63.3 Å². The van der Waals surface area contributed by atoms with E-state index in [1.54, 1.807) is 11.3 Å². The van der Waals surface area contributed by atoms with Gasteiger partial charge in [-0.05, 0) is 29.0 Å². The molecular weight excluding hydrogens is 618 g/mol. The first-order valence-corrected chi connectivity index (χ1v) is 16.7. The number of rotatable bonds is 14. The molecule has 1 fully saturated rings. The minimum atomic E-state index is -0.921. The van der Waals surface area contributed by atoms with Gasteiger partial charge in [-0.2, -0.15) is 0 Å². The van der Waals surface area contributed by atoms with Gasteiger partial charge in [-0.1, -0.05) is 75.4 Å². The van der Waals surface area contributed by atoms with Crippen LogP contribution in [0.5, 0.6) is 0 Å². The molecule has 3 unspecified atom stereocenters. The highest BCUT2D eigenvalue weighted by atomic mass is 32.1. The summed E-state index contributed by atoms with van der Waals surface area (Å²) in [6.07, 6.45) is -0.438. The van der Waals surface area contributed by atoms with Crippen LogP contribution in [0, 0.1) is 12.3 Å². The van der Waals surface area contributed by atoms with Crippen LogP contribution in [0.4, 0.5) is 0 Å². The molecule has 0 radical (unpaired) electrons. The summed E-state index contributed by atoms with van der Waals surface area (Å²) >= 11 is 1.57. The number of β-amino-alcohol motifs (C(OH)–C–C–N with tert-alkyl or cyclic N) is 1. The van der Waals surface area contributed by atoms with Crippen LogP contribution in [-0.4, -0.2) is 83.1 Å². The number of aromatic nitrogens is 1. The van der Waals surface area contributed by atoms with Gasteiger partial charge in [0.25, 0.3) is 0 Å². The van der Waals surface area contributed by atoms with Crippen molar-refractivity contribution in [3.05, 3.63) is 76.9 Å². The number of thiazole rings is 1. The lowest BCUT2D eigenvalue weighted by Gasteiger charge is -2.35. The third-order valence-electron chi connectivity index (χ3n) is 7.96. The molecule has 3 atom stereocenters. The highest BCUT2D eigenvalue weighted by molar-refractivity contribution is 7.13. The van der Waals surface area contributed by atoms with Gasteiger partial charge in [0.15, 0.2) is 0 Å². The summed E-state index contributed by atoms with van der Waals surface area (Å²) in [4.78, 5) is 58.8. The van der Waals surface area contributed by atoms with Crippen molar-refractivity contribution >= 4 is 35.0 Å². The molecule has 1 aromatic heterocycles. The van der Waals surface area contributed by atoms with Crippen LogP contribution in [0.15, 0.2) is 60.1 Å². The third-order valence-corrected chi connectivity index (χ3v) is 8.94. The summed E-state index contributed by atoms with van der Waals surface area (Å²) in [5, 5.41) is 19.0. The lowest BCUT2D eigenvalue weighted by atomic mass is 9.85. The second-order valence-electron chi connectivity index (χ2n) is 12.8. The van der Waals surface area contributed by atoms with Gasteiger partial charge in [0.2, 0.25) is 23.6 Å². The molecule has 4 N–H and O–H groups in total. The molecule has 0 saturated carbocycles. The SMILES string of the molecule is Cc1ncsc1-c1ccc(CNC(=O)C2CC(O)CN2C(=O)C(NC(=O)CCOCCNC(=O)Cc2ccccc2)C(C)(C)C)cc1. The number of aryl methyl sites for hydroxylation is 1. The number of amides is 4. The smallest absolute Gasteiger partial charge is 0.246 e. The van der Waals surface area contributed by atoms with Gasteiger partial charge in [0, 0.05) is 32.5 Å². The lowest BCUT2D eigenvalue weighted by Crippen LogP contribution is -2.57. The zero-order chi connectivity index (χ0) is 34.0. The number of likely N-dealkylation sites (tertiary alicyclic amines) is 1. The Morgan fingerprint density at radius 1 is 1.00 bits per heavy atom. The first kappa shape index (κ1) is 35.7. The zero-order valence-corrected chi connectivity index (χ0v) is 28.3. The Morgan fingerprint density at radius 3 is 2.38 bits per heavy atom. The Balaban J connectivity index is 1.24. The van der Waals surface area contributed by atoms with Crippen molar-refractivity contribution in [3.63, 3.8) is 0 Å². The summed E-state index contributed by atoms with van der Waals surface area (Å²) in [6, 6.07) is 15.5. The molecular formula is C35H45N5O6S. The number of nitrogens with one attached hydrogen (secondary N) is 3. The molecule has 4 amide bonds. The molecule has 0 bridgehead atoms. The molecule has 3 aromatic rings. The number of ether oxygens (including phenoxy) is 1. The maximum absolute atomic E-state index is 13.8. The van der Waals surface area contributed by atoms with Crippen molar-refractivity contribution < 1.29 is 29.0 Å². The molecule has 12 heteroatoms. The van der Waals surface area contributed by atoms with Crippen LogP contribution in [0.2, 0.25) is 0 Å². The van der Waals surface area contributed by atoms with Gasteiger partial charge in [-0.15, -0.1) is 11.3 Å². The highest BCUT2D eigenvalue weighted by Gasteiger charge is 2.44. The number of aliphatic hydroxyl groups excluding tert-OH is 1. The van der Waals surface area contributed by atoms with Crippen LogP contribution in [-0.2, 0) is 36.9 Å². The van der Waals surface area contributed by atoms with E-state index in [0.717, 1.165) is 27.3 Å². The normalized spacial score (nSPS) is 16.8. The number of nitrogens with zero attached hydrogens (tertiary/aromatic N) is 2. The fourth-order valence-corrected chi connectivity index (χ4v) is 6.20.